The average molecular weight is 683 g/mol. The lowest BCUT2D eigenvalue weighted by Crippen LogP contribution is -2.47. The van der Waals surface area contributed by atoms with Gasteiger partial charge in [-0.1, -0.05) is 105 Å². The molecule has 1 amide bonds. The van der Waals surface area contributed by atoms with Crippen LogP contribution in [0.15, 0.2) is 116 Å². The van der Waals surface area contributed by atoms with Crippen LogP contribution in [-0.4, -0.2) is 51.1 Å². The van der Waals surface area contributed by atoms with Crippen LogP contribution in [0.3, 0.4) is 0 Å². The predicted molar refractivity (Wildman–Crippen MR) is 200 cm³/mol. The molecule has 5 aromatic rings. The average Bonchev–Trinajstić information content (AvgIpc) is 3.73. The first-order valence-corrected chi connectivity index (χ1v) is 18.0. The van der Waals surface area contributed by atoms with Crippen LogP contribution in [0.1, 0.15) is 77.7 Å². The van der Waals surface area contributed by atoms with Gasteiger partial charge in [0.05, 0.1) is 36.0 Å². The Morgan fingerprint density at radius 1 is 0.902 bits per heavy atom. The molecule has 1 aliphatic heterocycles. The maximum atomic E-state index is 12.9. The highest BCUT2D eigenvalue weighted by molar-refractivity contribution is 5.93. The van der Waals surface area contributed by atoms with Gasteiger partial charge in [0, 0.05) is 37.2 Å². The molecule has 8 nitrogen and oxygen atoms in total. The van der Waals surface area contributed by atoms with Crippen LogP contribution >= 0.6 is 0 Å². The van der Waals surface area contributed by atoms with Crippen LogP contribution in [0.4, 0.5) is 0 Å². The molecule has 0 bridgehead atoms. The zero-order valence-corrected chi connectivity index (χ0v) is 29.2. The molecule has 51 heavy (non-hydrogen) atoms. The number of carbonyl (C=O) groups excluding carboxylic acids is 1. The lowest BCUT2D eigenvalue weighted by atomic mass is 9.89. The maximum Gasteiger partial charge on any atom is 0.271 e. The van der Waals surface area contributed by atoms with Crippen molar-refractivity contribution in [3.05, 3.63) is 144 Å². The minimum absolute atomic E-state index is 0.0119. The number of nitrogens with zero attached hydrogens (tertiary/aromatic N) is 3. The third-order valence-corrected chi connectivity index (χ3v) is 10.3. The zero-order chi connectivity index (χ0) is 35.2. The molecule has 1 saturated carbocycles. The quantitative estimate of drug-likeness (QED) is 0.129. The van der Waals surface area contributed by atoms with Gasteiger partial charge in [0.1, 0.15) is 5.69 Å². The SMILES string of the molecule is C=CCN(C[C@H]1O[C@@H](c2ccc(-c3cccc(CNC(=O)c4cnc5ccccc5n4)c3)cc2)O[C@@H](c2ccc(CO)cc2)[C@H]1C)C1CCCC1. The molecular weight excluding hydrogens is 636 g/mol. The molecule has 2 fully saturated rings. The van der Waals surface area contributed by atoms with Crippen molar-refractivity contribution in [2.24, 2.45) is 5.92 Å². The molecule has 1 aromatic heterocycles. The van der Waals surface area contributed by atoms with Crippen LogP contribution in [0.5, 0.6) is 0 Å². The fourth-order valence-corrected chi connectivity index (χ4v) is 7.40. The van der Waals surface area contributed by atoms with Gasteiger partial charge in [-0.3, -0.25) is 14.7 Å². The van der Waals surface area contributed by atoms with Crippen molar-refractivity contribution in [1.82, 2.24) is 20.2 Å². The Kier molecular flexibility index (Phi) is 10.9. The molecule has 1 saturated heterocycles. The third-order valence-electron chi connectivity index (χ3n) is 10.3. The Morgan fingerprint density at radius 3 is 2.39 bits per heavy atom. The molecule has 2 heterocycles. The summed E-state index contributed by atoms with van der Waals surface area (Å²) in [4.78, 5) is 24.3. The molecule has 0 radical (unpaired) electrons. The maximum absolute atomic E-state index is 12.9. The summed E-state index contributed by atoms with van der Waals surface area (Å²) in [7, 11) is 0. The van der Waals surface area contributed by atoms with E-state index in [0.29, 0.717) is 23.8 Å². The standard InChI is InChI=1S/C43H46N4O4/c1-3-23-47(36-11-4-5-12-36)27-40-29(2)41(33-17-15-30(28-48)16-18-33)51-43(50-40)34-21-19-32(20-22-34)35-10-8-9-31(24-35)25-45-42(49)39-26-44-37-13-6-7-14-38(37)46-39/h3,6-10,13-22,24,26,29,36,40-41,43,48H,1,4-5,11-12,23,25,27-28H2,2H3,(H,45,49)/t29-,40+,41+,43+/m0/s1. The van der Waals surface area contributed by atoms with E-state index in [9.17, 15) is 9.90 Å². The van der Waals surface area contributed by atoms with Crippen LogP contribution in [0.2, 0.25) is 0 Å². The van der Waals surface area contributed by atoms with Crippen molar-refractivity contribution >= 4 is 16.9 Å². The van der Waals surface area contributed by atoms with E-state index in [1.807, 2.05) is 54.6 Å². The summed E-state index contributed by atoms with van der Waals surface area (Å²) in [6.07, 6.45) is 7.76. The van der Waals surface area contributed by atoms with E-state index in [-0.39, 0.29) is 30.6 Å². The number of ether oxygens (including phenoxy) is 2. The fraction of sp³-hybridized carbons (Fsp3) is 0.326. The van der Waals surface area contributed by atoms with Crippen molar-refractivity contribution in [2.75, 3.05) is 13.1 Å². The molecule has 2 aliphatic rings. The van der Waals surface area contributed by atoms with Gasteiger partial charge >= 0.3 is 0 Å². The van der Waals surface area contributed by atoms with Gasteiger partial charge in [-0.2, -0.15) is 0 Å². The molecule has 8 heteroatoms. The first kappa shape index (κ1) is 34.7. The predicted octanol–water partition coefficient (Wildman–Crippen LogP) is 7.94. The number of carbonyl (C=O) groups is 1. The summed E-state index contributed by atoms with van der Waals surface area (Å²) in [6, 6.07) is 32.7. The normalized spacial score (nSPS) is 20.8. The van der Waals surface area contributed by atoms with Gasteiger partial charge in [-0.05, 0) is 58.9 Å². The Hall–Kier alpha value is -4.73. The number of para-hydroxylation sites is 2. The molecule has 4 aromatic carbocycles. The monoisotopic (exact) mass is 682 g/mol. The van der Waals surface area contributed by atoms with Crippen LogP contribution in [-0.2, 0) is 22.6 Å². The van der Waals surface area contributed by atoms with Crippen molar-refractivity contribution < 1.29 is 19.4 Å². The summed E-state index contributed by atoms with van der Waals surface area (Å²) < 4.78 is 13.6. The van der Waals surface area contributed by atoms with E-state index in [0.717, 1.165) is 52.0 Å². The Labute approximate surface area is 300 Å². The summed E-state index contributed by atoms with van der Waals surface area (Å²) in [5, 5.41) is 12.6. The Morgan fingerprint density at radius 2 is 1.65 bits per heavy atom. The molecule has 0 spiro atoms. The lowest BCUT2D eigenvalue weighted by Gasteiger charge is -2.43. The fourth-order valence-electron chi connectivity index (χ4n) is 7.40. The van der Waals surface area contributed by atoms with Crippen LogP contribution in [0, 0.1) is 5.92 Å². The smallest absolute Gasteiger partial charge is 0.271 e. The summed E-state index contributed by atoms with van der Waals surface area (Å²) >= 11 is 0. The largest absolute Gasteiger partial charge is 0.392 e. The van der Waals surface area contributed by atoms with E-state index < -0.39 is 6.29 Å². The molecule has 1 aliphatic carbocycles. The number of hydrogen-bond donors (Lipinski definition) is 2. The second-order valence-electron chi connectivity index (χ2n) is 13.8. The molecule has 2 N–H and O–H groups in total. The summed E-state index contributed by atoms with van der Waals surface area (Å²) in [5.41, 5.74) is 7.76. The number of amides is 1. The molecule has 4 atom stereocenters. The molecule has 262 valence electrons. The first-order valence-electron chi connectivity index (χ1n) is 18.0. The van der Waals surface area contributed by atoms with Crippen LogP contribution in [0.25, 0.3) is 22.2 Å². The number of fused-ring (bicyclic) bond motifs is 1. The molecule has 0 unspecified atom stereocenters. The number of benzene rings is 4. The highest BCUT2D eigenvalue weighted by Crippen LogP contribution is 2.42. The third kappa shape index (κ3) is 8.10. The van der Waals surface area contributed by atoms with E-state index in [4.69, 9.17) is 9.47 Å². The minimum Gasteiger partial charge on any atom is -0.392 e. The summed E-state index contributed by atoms with van der Waals surface area (Å²) in [6.45, 7) is 8.31. The number of aromatic nitrogens is 2. The van der Waals surface area contributed by atoms with Crippen molar-refractivity contribution in [3.63, 3.8) is 0 Å². The number of aliphatic hydroxyl groups is 1. The van der Waals surface area contributed by atoms with Gasteiger partial charge in [-0.25, -0.2) is 4.98 Å². The van der Waals surface area contributed by atoms with Gasteiger partial charge < -0.3 is 19.9 Å². The number of rotatable bonds is 12. The Balaban J connectivity index is 1.07. The van der Waals surface area contributed by atoms with E-state index in [1.165, 1.54) is 31.9 Å². The van der Waals surface area contributed by atoms with Gasteiger partial charge in [0.2, 0.25) is 0 Å². The highest BCUT2D eigenvalue weighted by Gasteiger charge is 2.40. The zero-order valence-electron chi connectivity index (χ0n) is 29.2. The second-order valence-corrected chi connectivity index (χ2v) is 13.8. The van der Waals surface area contributed by atoms with E-state index >= 15 is 0 Å². The molecular formula is C43H46N4O4. The Bertz CT molecular complexity index is 1940. The van der Waals surface area contributed by atoms with E-state index in [2.05, 4.69) is 82.2 Å². The van der Waals surface area contributed by atoms with Crippen molar-refractivity contribution in [3.8, 4) is 11.1 Å². The highest BCUT2D eigenvalue weighted by atomic mass is 16.7. The second kappa shape index (κ2) is 16.1. The van der Waals surface area contributed by atoms with Crippen LogP contribution < -0.4 is 5.32 Å². The topological polar surface area (TPSA) is 96.8 Å². The van der Waals surface area contributed by atoms with Gasteiger partial charge in [0.15, 0.2) is 6.29 Å². The number of aliphatic hydroxyl groups excluding tert-OH is 1. The molecule has 7 rings (SSSR count). The number of nitrogens with one attached hydrogen (secondary N) is 1. The first-order chi connectivity index (χ1) is 25.0. The van der Waals surface area contributed by atoms with E-state index in [1.54, 1.807) is 0 Å². The van der Waals surface area contributed by atoms with Crippen molar-refractivity contribution in [2.45, 2.75) is 70.3 Å². The minimum atomic E-state index is -0.531. The lowest BCUT2D eigenvalue weighted by molar-refractivity contribution is -0.276. The van der Waals surface area contributed by atoms with Gasteiger partial charge in [0.25, 0.3) is 5.91 Å². The summed E-state index contributed by atoms with van der Waals surface area (Å²) in [5.74, 6) is -0.146. The van der Waals surface area contributed by atoms with Gasteiger partial charge in [-0.15, -0.1) is 6.58 Å². The van der Waals surface area contributed by atoms with Crippen molar-refractivity contribution in [1.29, 1.82) is 0 Å². The number of hydrogen-bond acceptors (Lipinski definition) is 7.